The van der Waals surface area contributed by atoms with Crippen LogP contribution in [-0.4, -0.2) is 33.7 Å². The molecule has 11 heteroatoms. The van der Waals surface area contributed by atoms with Crippen LogP contribution in [0.3, 0.4) is 0 Å². The van der Waals surface area contributed by atoms with Crippen LogP contribution in [0.5, 0.6) is 0 Å². The van der Waals surface area contributed by atoms with Crippen molar-refractivity contribution in [3.05, 3.63) is 71.3 Å². The van der Waals surface area contributed by atoms with E-state index >= 15 is 0 Å². The molecule has 1 unspecified atom stereocenters. The van der Waals surface area contributed by atoms with Crippen molar-refractivity contribution < 1.29 is 31.9 Å². The number of halogens is 4. The molecule has 0 spiro atoms. The lowest BCUT2D eigenvalue weighted by molar-refractivity contribution is -0.265. The molecule has 3 rings (SSSR count). The molecule has 1 amide bonds. The van der Waals surface area contributed by atoms with Gasteiger partial charge in [-0.2, -0.15) is 13.2 Å². The fraction of sp³-hybridized carbons (Fsp3) is 0.318. The number of benzene rings is 1. The van der Waals surface area contributed by atoms with Crippen molar-refractivity contribution in [2.24, 2.45) is 5.73 Å². The first-order valence-corrected chi connectivity index (χ1v) is 9.78. The lowest BCUT2D eigenvalue weighted by Crippen LogP contribution is -2.51. The summed E-state index contributed by atoms with van der Waals surface area (Å²) in [6.07, 6.45) is -4.16. The average molecular weight is 466 g/mol. The van der Waals surface area contributed by atoms with E-state index in [1.54, 1.807) is 13.8 Å². The third-order valence-electron chi connectivity index (χ3n) is 4.95. The van der Waals surface area contributed by atoms with Crippen LogP contribution < -0.4 is 11.1 Å². The van der Waals surface area contributed by atoms with Crippen molar-refractivity contribution in [1.82, 2.24) is 15.3 Å². The first kappa shape index (κ1) is 24.3. The molecular formula is C22H22F4N4O3. The van der Waals surface area contributed by atoms with E-state index in [2.05, 4.69) is 9.97 Å². The summed E-state index contributed by atoms with van der Waals surface area (Å²) < 4.78 is 60.6. The van der Waals surface area contributed by atoms with Gasteiger partial charge < -0.3 is 20.6 Å². The largest absolute Gasteiger partial charge is 0.436 e. The van der Waals surface area contributed by atoms with Gasteiger partial charge in [-0.25, -0.2) is 14.4 Å². The summed E-state index contributed by atoms with van der Waals surface area (Å²) in [5.74, 6) is -1.69. The number of nitrogens with zero attached hydrogens (tertiary/aromatic N) is 2. The normalized spacial score (nSPS) is 14.1. The molecule has 0 radical (unpaired) electrons. The maximum Gasteiger partial charge on any atom is 0.424 e. The Morgan fingerprint density at radius 2 is 1.82 bits per heavy atom. The smallest absolute Gasteiger partial charge is 0.424 e. The minimum Gasteiger partial charge on any atom is -0.436 e. The first-order chi connectivity index (χ1) is 15.2. The Bertz CT molecular complexity index is 1150. The molecule has 0 saturated heterocycles. The molecule has 33 heavy (non-hydrogen) atoms. The maximum absolute atomic E-state index is 14.1. The fourth-order valence-corrected chi connectivity index (χ4v) is 2.98. The van der Waals surface area contributed by atoms with Crippen molar-refractivity contribution in [1.29, 1.82) is 0 Å². The highest BCUT2D eigenvalue weighted by molar-refractivity contribution is 5.91. The van der Waals surface area contributed by atoms with Gasteiger partial charge in [0.1, 0.15) is 5.82 Å². The minimum atomic E-state index is -5.22. The van der Waals surface area contributed by atoms with Crippen molar-refractivity contribution in [2.45, 2.75) is 38.1 Å². The summed E-state index contributed by atoms with van der Waals surface area (Å²) in [5.41, 5.74) is 1.27. The molecule has 1 aromatic carbocycles. The zero-order valence-electron chi connectivity index (χ0n) is 18.0. The van der Waals surface area contributed by atoms with Crippen molar-refractivity contribution in [3.8, 4) is 11.3 Å². The van der Waals surface area contributed by atoms with Crippen LogP contribution in [0.25, 0.3) is 11.3 Å². The summed E-state index contributed by atoms with van der Waals surface area (Å²) in [6, 6.07) is 7.44. The first-order valence-electron chi connectivity index (χ1n) is 9.78. The lowest BCUT2D eigenvalue weighted by atomic mass is 9.89. The number of aliphatic hydroxyl groups is 1. The number of rotatable bonds is 6. The molecule has 176 valence electrons. The number of nitrogens with one attached hydrogen (secondary N) is 1. The van der Waals surface area contributed by atoms with Gasteiger partial charge in [-0.15, -0.1) is 0 Å². The lowest BCUT2D eigenvalue weighted by Gasteiger charge is -2.32. The number of aromatic nitrogens is 2. The fourth-order valence-electron chi connectivity index (χ4n) is 2.98. The molecule has 0 bridgehead atoms. The third-order valence-corrected chi connectivity index (χ3v) is 4.95. The topological polar surface area (TPSA) is 114 Å². The van der Waals surface area contributed by atoms with E-state index in [1.807, 2.05) is 5.32 Å². The number of amides is 1. The highest BCUT2D eigenvalue weighted by Gasteiger charge is 2.56. The Morgan fingerprint density at radius 3 is 2.33 bits per heavy atom. The molecule has 3 aromatic rings. The second-order valence-corrected chi connectivity index (χ2v) is 8.14. The molecule has 0 aliphatic heterocycles. The minimum absolute atomic E-state index is 0.0425. The second-order valence-electron chi connectivity index (χ2n) is 8.14. The summed E-state index contributed by atoms with van der Waals surface area (Å²) in [5, 5.41) is 12.8. The van der Waals surface area contributed by atoms with Crippen LogP contribution in [-0.2, 0) is 11.1 Å². The molecule has 0 saturated carbocycles. The Morgan fingerprint density at radius 1 is 1.18 bits per heavy atom. The van der Waals surface area contributed by atoms with Crippen LogP contribution >= 0.6 is 0 Å². The highest BCUT2D eigenvalue weighted by atomic mass is 19.4. The summed E-state index contributed by atoms with van der Waals surface area (Å²) in [4.78, 5) is 19.9. The van der Waals surface area contributed by atoms with Crippen molar-refractivity contribution in [2.75, 3.05) is 6.54 Å². The average Bonchev–Trinajstić information content (AvgIpc) is 3.17. The zero-order chi connectivity index (χ0) is 24.6. The number of oxazole rings is 1. The number of hydrogen-bond donors (Lipinski definition) is 3. The Labute approximate surface area is 186 Å². The van der Waals surface area contributed by atoms with Gasteiger partial charge in [0.2, 0.25) is 11.4 Å². The Hall–Kier alpha value is -3.31. The van der Waals surface area contributed by atoms with Crippen LogP contribution in [0, 0.1) is 12.7 Å². The van der Waals surface area contributed by atoms with Gasteiger partial charge in [0, 0.05) is 18.0 Å². The maximum atomic E-state index is 14.1. The second kappa shape index (κ2) is 8.56. The number of nitrogens with two attached hydrogens (primary N) is 1. The van der Waals surface area contributed by atoms with E-state index in [4.69, 9.17) is 10.2 Å². The number of aryl methyl sites for hydroxylation is 1. The van der Waals surface area contributed by atoms with E-state index in [0.29, 0.717) is 5.56 Å². The van der Waals surface area contributed by atoms with Crippen LogP contribution in [0.15, 0.2) is 47.0 Å². The molecule has 4 N–H and O–H groups in total. The zero-order valence-corrected chi connectivity index (χ0v) is 18.0. The molecule has 2 aromatic heterocycles. The van der Waals surface area contributed by atoms with Gasteiger partial charge >= 0.3 is 6.18 Å². The van der Waals surface area contributed by atoms with E-state index in [-0.39, 0.29) is 22.9 Å². The Balaban J connectivity index is 2.08. The number of carbonyl (C=O) groups excluding carboxylic acids is 1. The molecule has 0 aliphatic rings. The highest BCUT2D eigenvalue weighted by Crippen LogP contribution is 2.40. The Kier molecular flexibility index (Phi) is 6.31. The standard InChI is InChI=1S/C22H22F4N4O3/c1-12-28-10-17(33-12)19(31)29-11-21(32,22(24,25)26)18-9-14(20(2,3)27)8-16(30-18)13-4-6-15(23)7-5-13/h4-10,32H,11,27H2,1-3H3,(H,29,31). The number of hydrogen-bond acceptors (Lipinski definition) is 6. The molecule has 7 nitrogen and oxygen atoms in total. The van der Waals surface area contributed by atoms with Crippen molar-refractivity contribution >= 4 is 5.91 Å². The summed E-state index contributed by atoms with van der Waals surface area (Å²) in [7, 11) is 0. The van der Waals surface area contributed by atoms with Gasteiger partial charge in [0.15, 0.2) is 5.89 Å². The van der Waals surface area contributed by atoms with Gasteiger partial charge in [-0.05, 0) is 55.8 Å². The van der Waals surface area contributed by atoms with E-state index in [1.165, 1.54) is 25.1 Å². The molecule has 2 heterocycles. The third kappa shape index (κ3) is 5.20. The number of carbonyl (C=O) groups is 1. The van der Waals surface area contributed by atoms with Gasteiger partial charge in [0.05, 0.1) is 24.1 Å². The van der Waals surface area contributed by atoms with Crippen LogP contribution in [0.2, 0.25) is 0 Å². The van der Waals surface area contributed by atoms with Crippen molar-refractivity contribution in [3.63, 3.8) is 0 Å². The van der Waals surface area contributed by atoms with Gasteiger partial charge in [-0.3, -0.25) is 4.79 Å². The summed E-state index contributed by atoms with van der Waals surface area (Å²) in [6.45, 7) is 3.35. The summed E-state index contributed by atoms with van der Waals surface area (Å²) >= 11 is 0. The van der Waals surface area contributed by atoms with Gasteiger partial charge in [-0.1, -0.05) is 0 Å². The van der Waals surface area contributed by atoms with E-state index in [0.717, 1.165) is 24.4 Å². The molecular weight excluding hydrogens is 444 g/mol. The molecule has 0 aliphatic carbocycles. The molecule has 0 fully saturated rings. The van der Waals surface area contributed by atoms with Gasteiger partial charge in [0.25, 0.3) is 5.91 Å². The van der Waals surface area contributed by atoms with E-state index < -0.39 is 41.3 Å². The van der Waals surface area contributed by atoms with Crippen LogP contribution in [0.4, 0.5) is 17.6 Å². The van der Waals surface area contributed by atoms with Crippen LogP contribution in [0.1, 0.15) is 41.6 Å². The number of alkyl halides is 3. The predicted molar refractivity (Wildman–Crippen MR) is 110 cm³/mol. The SMILES string of the molecule is Cc1ncc(C(=O)NCC(O)(c2cc(C(C)(C)N)cc(-c3ccc(F)cc3)n2)C(F)(F)F)o1. The monoisotopic (exact) mass is 466 g/mol. The molecule has 1 atom stereocenters. The number of pyridine rings is 1. The quantitative estimate of drug-likeness (QED) is 0.479. The van der Waals surface area contributed by atoms with E-state index in [9.17, 15) is 27.5 Å². The predicted octanol–water partition coefficient (Wildman–Crippen LogP) is 3.56.